The van der Waals surface area contributed by atoms with Gasteiger partial charge >= 0.3 is 0 Å². The minimum atomic E-state index is 0.416. The molecular weight excluding hydrogens is 308 g/mol. The van der Waals surface area contributed by atoms with Crippen molar-refractivity contribution in [3.05, 3.63) is 70.2 Å². The summed E-state index contributed by atoms with van der Waals surface area (Å²) in [6.45, 7) is 2.16. The maximum atomic E-state index is 6.28. The summed E-state index contributed by atoms with van der Waals surface area (Å²) in [5.41, 5.74) is 3.96. The Hall–Kier alpha value is -0.790. The fraction of sp³-hybridized carbons (Fsp3) is 0.250. The Kier molecular flexibility index (Phi) is 4.85. The molecule has 0 bridgehead atoms. The van der Waals surface area contributed by atoms with Crippen LogP contribution in [0.25, 0.3) is 0 Å². The van der Waals surface area contributed by atoms with Gasteiger partial charge in [-0.1, -0.05) is 70.0 Å². The van der Waals surface area contributed by atoms with Crippen molar-refractivity contribution in [3.63, 3.8) is 0 Å². The highest BCUT2D eigenvalue weighted by Gasteiger charge is 2.14. The van der Waals surface area contributed by atoms with Crippen molar-refractivity contribution in [2.75, 3.05) is 5.33 Å². The standard InChI is InChI=1S/C16H16BrCl/c1-12-6-2-3-7-13(12)10-14(11-17)15-8-4-5-9-16(15)18/h2-9,14H,10-11H2,1H3. The third-order valence-electron chi connectivity index (χ3n) is 3.26. The van der Waals surface area contributed by atoms with Gasteiger partial charge in [0.15, 0.2) is 0 Å². The molecule has 0 N–H and O–H groups in total. The number of halogens is 2. The molecule has 0 amide bonds. The second-order valence-corrected chi connectivity index (χ2v) is 5.56. The predicted octanol–water partition coefficient (Wildman–Crippen LogP) is 5.37. The van der Waals surface area contributed by atoms with Crippen molar-refractivity contribution in [2.24, 2.45) is 0 Å². The lowest BCUT2D eigenvalue weighted by molar-refractivity contribution is 0.771. The number of aryl methyl sites for hydroxylation is 1. The molecule has 0 aromatic heterocycles. The Balaban J connectivity index is 2.26. The summed E-state index contributed by atoms with van der Waals surface area (Å²) < 4.78 is 0. The van der Waals surface area contributed by atoms with Crippen LogP contribution < -0.4 is 0 Å². The van der Waals surface area contributed by atoms with Crippen LogP contribution in [0.1, 0.15) is 22.6 Å². The first-order chi connectivity index (χ1) is 8.72. The van der Waals surface area contributed by atoms with Gasteiger partial charge in [0.25, 0.3) is 0 Å². The average molecular weight is 324 g/mol. The quantitative estimate of drug-likeness (QED) is 0.664. The zero-order chi connectivity index (χ0) is 13.0. The van der Waals surface area contributed by atoms with Crippen molar-refractivity contribution in [3.8, 4) is 0 Å². The first-order valence-electron chi connectivity index (χ1n) is 6.07. The van der Waals surface area contributed by atoms with Crippen LogP contribution in [0.15, 0.2) is 48.5 Å². The fourth-order valence-electron chi connectivity index (χ4n) is 2.16. The molecule has 0 nitrogen and oxygen atoms in total. The monoisotopic (exact) mass is 322 g/mol. The lowest BCUT2D eigenvalue weighted by atomic mass is 9.92. The molecule has 0 saturated heterocycles. The summed E-state index contributed by atoms with van der Waals surface area (Å²) in [6, 6.07) is 16.6. The smallest absolute Gasteiger partial charge is 0.0441 e. The Morgan fingerprint density at radius 1 is 1.06 bits per heavy atom. The minimum absolute atomic E-state index is 0.416. The Morgan fingerprint density at radius 2 is 1.72 bits per heavy atom. The van der Waals surface area contributed by atoms with Gasteiger partial charge in [-0.15, -0.1) is 0 Å². The molecule has 0 saturated carbocycles. The van der Waals surface area contributed by atoms with E-state index < -0.39 is 0 Å². The molecule has 2 aromatic rings. The van der Waals surface area contributed by atoms with Crippen LogP contribution >= 0.6 is 27.5 Å². The van der Waals surface area contributed by atoms with Gasteiger partial charge in [0.2, 0.25) is 0 Å². The van der Waals surface area contributed by atoms with E-state index in [1.807, 2.05) is 12.1 Å². The highest BCUT2D eigenvalue weighted by molar-refractivity contribution is 9.09. The third kappa shape index (κ3) is 3.15. The molecule has 2 aromatic carbocycles. The lowest BCUT2D eigenvalue weighted by Gasteiger charge is -2.17. The number of alkyl halides is 1. The van der Waals surface area contributed by atoms with E-state index in [-0.39, 0.29) is 0 Å². The summed E-state index contributed by atoms with van der Waals surface area (Å²) >= 11 is 9.89. The van der Waals surface area contributed by atoms with E-state index in [2.05, 4.69) is 59.3 Å². The van der Waals surface area contributed by atoms with Gasteiger partial charge in [0.1, 0.15) is 0 Å². The molecule has 1 unspecified atom stereocenters. The van der Waals surface area contributed by atoms with Crippen molar-refractivity contribution < 1.29 is 0 Å². The van der Waals surface area contributed by atoms with E-state index >= 15 is 0 Å². The van der Waals surface area contributed by atoms with Gasteiger partial charge in [0, 0.05) is 10.4 Å². The van der Waals surface area contributed by atoms with E-state index in [1.165, 1.54) is 16.7 Å². The summed E-state index contributed by atoms with van der Waals surface area (Å²) in [5, 5.41) is 1.78. The molecule has 0 aliphatic heterocycles. The molecule has 0 fully saturated rings. The number of hydrogen-bond acceptors (Lipinski definition) is 0. The van der Waals surface area contributed by atoms with Crippen molar-refractivity contribution >= 4 is 27.5 Å². The molecular formula is C16H16BrCl. The zero-order valence-electron chi connectivity index (χ0n) is 10.4. The lowest BCUT2D eigenvalue weighted by Crippen LogP contribution is -2.06. The van der Waals surface area contributed by atoms with Crippen LogP contribution in [0.5, 0.6) is 0 Å². The van der Waals surface area contributed by atoms with Gasteiger partial charge in [-0.3, -0.25) is 0 Å². The molecule has 0 spiro atoms. The van der Waals surface area contributed by atoms with Crippen LogP contribution in [0.2, 0.25) is 5.02 Å². The van der Waals surface area contributed by atoms with Gasteiger partial charge in [-0.25, -0.2) is 0 Å². The van der Waals surface area contributed by atoms with E-state index in [0.717, 1.165) is 16.8 Å². The normalized spacial score (nSPS) is 12.4. The third-order valence-corrected chi connectivity index (χ3v) is 4.38. The van der Waals surface area contributed by atoms with E-state index in [0.29, 0.717) is 5.92 Å². The van der Waals surface area contributed by atoms with Crippen LogP contribution in [0.3, 0.4) is 0 Å². The number of hydrogen-bond donors (Lipinski definition) is 0. The Labute approximate surface area is 122 Å². The maximum absolute atomic E-state index is 6.28. The van der Waals surface area contributed by atoms with Crippen LogP contribution in [-0.4, -0.2) is 5.33 Å². The Bertz CT molecular complexity index is 522. The van der Waals surface area contributed by atoms with Crippen molar-refractivity contribution in [2.45, 2.75) is 19.3 Å². The molecule has 0 aliphatic carbocycles. The largest absolute Gasteiger partial charge is 0.0921 e. The molecule has 0 heterocycles. The first kappa shape index (κ1) is 13.6. The second-order valence-electron chi connectivity index (χ2n) is 4.50. The first-order valence-corrected chi connectivity index (χ1v) is 7.57. The molecule has 94 valence electrons. The van der Waals surface area contributed by atoms with Crippen LogP contribution in [-0.2, 0) is 6.42 Å². The molecule has 0 radical (unpaired) electrons. The highest BCUT2D eigenvalue weighted by Crippen LogP contribution is 2.29. The minimum Gasteiger partial charge on any atom is -0.0921 e. The SMILES string of the molecule is Cc1ccccc1CC(CBr)c1ccccc1Cl. The van der Waals surface area contributed by atoms with Crippen molar-refractivity contribution in [1.82, 2.24) is 0 Å². The second kappa shape index (κ2) is 6.40. The zero-order valence-corrected chi connectivity index (χ0v) is 12.7. The molecule has 2 heteroatoms. The molecule has 1 atom stereocenters. The van der Waals surface area contributed by atoms with Gasteiger partial charge in [-0.05, 0) is 42.0 Å². The number of rotatable bonds is 4. The summed E-state index contributed by atoms with van der Waals surface area (Å²) in [7, 11) is 0. The Morgan fingerprint density at radius 3 is 2.39 bits per heavy atom. The maximum Gasteiger partial charge on any atom is 0.0441 e. The van der Waals surface area contributed by atoms with E-state index in [1.54, 1.807) is 0 Å². The van der Waals surface area contributed by atoms with E-state index in [4.69, 9.17) is 11.6 Å². The summed E-state index contributed by atoms with van der Waals surface area (Å²) in [5.74, 6) is 0.416. The average Bonchev–Trinajstić information content (AvgIpc) is 2.39. The topological polar surface area (TPSA) is 0 Å². The van der Waals surface area contributed by atoms with Gasteiger partial charge in [0.05, 0.1) is 0 Å². The van der Waals surface area contributed by atoms with Crippen molar-refractivity contribution in [1.29, 1.82) is 0 Å². The van der Waals surface area contributed by atoms with Crippen LogP contribution in [0, 0.1) is 6.92 Å². The van der Waals surface area contributed by atoms with E-state index in [9.17, 15) is 0 Å². The summed E-state index contributed by atoms with van der Waals surface area (Å²) in [4.78, 5) is 0. The highest BCUT2D eigenvalue weighted by atomic mass is 79.9. The molecule has 18 heavy (non-hydrogen) atoms. The van der Waals surface area contributed by atoms with Gasteiger partial charge in [-0.2, -0.15) is 0 Å². The molecule has 0 aliphatic rings. The summed E-state index contributed by atoms with van der Waals surface area (Å²) in [6.07, 6.45) is 1.02. The predicted molar refractivity (Wildman–Crippen MR) is 82.9 cm³/mol. The van der Waals surface area contributed by atoms with Crippen LogP contribution in [0.4, 0.5) is 0 Å². The fourth-order valence-corrected chi connectivity index (χ4v) is 3.03. The number of benzene rings is 2. The van der Waals surface area contributed by atoms with Gasteiger partial charge < -0.3 is 0 Å². The molecule has 2 rings (SSSR count).